The fraction of sp³-hybridized carbons (Fsp3) is 0.100. The predicted octanol–water partition coefficient (Wildman–Crippen LogP) is 1.53. The monoisotopic (exact) mass is 250 g/mol. The maximum atomic E-state index is 11.2. The van der Waals surface area contributed by atoms with Crippen LogP contribution in [-0.2, 0) is 9.59 Å². The van der Waals surface area contributed by atoms with Crippen LogP contribution in [0.25, 0.3) is 0 Å². The Morgan fingerprint density at radius 1 is 1.24 bits per heavy atom. The molecule has 1 amide bonds. The number of nitro groups is 1. The summed E-state index contributed by atoms with van der Waals surface area (Å²) >= 11 is 0.878. The number of rotatable bonds is 2. The van der Waals surface area contributed by atoms with Gasteiger partial charge in [-0.25, -0.2) is 4.99 Å². The van der Waals surface area contributed by atoms with Crippen LogP contribution in [0.4, 0.5) is 5.69 Å². The van der Waals surface area contributed by atoms with Crippen molar-refractivity contribution in [1.29, 1.82) is 0 Å². The van der Waals surface area contributed by atoms with Crippen LogP contribution < -0.4 is 0 Å². The first-order valence-electron chi connectivity index (χ1n) is 4.63. The van der Waals surface area contributed by atoms with Gasteiger partial charge in [-0.2, -0.15) is 0 Å². The van der Waals surface area contributed by atoms with E-state index in [2.05, 4.69) is 4.99 Å². The number of aliphatic imine (C=N–C) groups is 1. The highest BCUT2D eigenvalue weighted by atomic mass is 32.2. The fourth-order valence-electron chi connectivity index (χ4n) is 1.29. The molecule has 0 radical (unpaired) electrons. The number of benzene rings is 1. The zero-order chi connectivity index (χ0) is 12.4. The average Bonchev–Trinajstić information content (AvgIpc) is 2.28. The average molecular weight is 250 g/mol. The zero-order valence-electron chi connectivity index (χ0n) is 8.45. The van der Waals surface area contributed by atoms with Crippen molar-refractivity contribution in [2.45, 2.75) is 6.42 Å². The Hall–Kier alpha value is -2.02. The molecule has 0 unspecified atom stereocenters. The van der Waals surface area contributed by atoms with Gasteiger partial charge in [-0.15, -0.1) is 0 Å². The van der Waals surface area contributed by atoms with Crippen LogP contribution in [0.15, 0.2) is 29.3 Å². The van der Waals surface area contributed by atoms with Gasteiger partial charge in [-0.1, -0.05) is 0 Å². The second-order valence-corrected chi connectivity index (χ2v) is 4.31. The summed E-state index contributed by atoms with van der Waals surface area (Å²) in [6.45, 7) is 0. The number of nitrogens with zero attached hydrogens (tertiary/aromatic N) is 2. The first-order valence-corrected chi connectivity index (χ1v) is 5.45. The van der Waals surface area contributed by atoms with Crippen molar-refractivity contribution < 1.29 is 14.5 Å². The lowest BCUT2D eigenvalue weighted by atomic mass is 10.2. The first-order chi connectivity index (χ1) is 8.06. The lowest BCUT2D eigenvalue weighted by molar-refractivity contribution is -0.384. The Kier molecular flexibility index (Phi) is 3.01. The summed E-state index contributed by atoms with van der Waals surface area (Å²) in [5.74, 6) is -0.484. The molecule has 0 bridgehead atoms. The Morgan fingerprint density at radius 3 is 2.41 bits per heavy atom. The van der Waals surface area contributed by atoms with Crippen LogP contribution >= 0.6 is 11.8 Å². The quantitative estimate of drug-likeness (QED) is 0.451. The van der Waals surface area contributed by atoms with Gasteiger partial charge in [-0.3, -0.25) is 19.7 Å². The summed E-state index contributed by atoms with van der Waals surface area (Å²) in [5, 5.41) is 10.5. The third kappa shape index (κ3) is 2.56. The molecule has 1 aliphatic rings. The molecule has 1 aliphatic heterocycles. The minimum Gasteiger partial charge on any atom is -0.286 e. The summed E-state index contributed by atoms with van der Waals surface area (Å²) in [7, 11) is 0. The summed E-state index contributed by atoms with van der Waals surface area (Å²) in [4.78, 5) is 36.0. The van der Waals surface area contributed by atoms with Crippen molar-refractivity contribution in [2.75, 3.05) is 0 Å². The molecular formula is C10H6N2O4S. The molecule has 6 nitrogen and oxygen atoms in total. The smallest absolute Gasteiger partial charge is 0.269 e. The molecule has 1 aromatic rings. The van der Waals surface area contributed by atoms with E-state index in [1.165, 1.54) is 24.3 Å². The van der Waals surface area contributed by atoms with Gasteiger partial charge in [0.1, 0.15) is 5.04 Å². The van der Waals surface area contributed by atoms with Crippen LogP contribution in [0.1, 0.15) is 12.0 Å². The van der Waals surface area contributed by atoms with E-state index in [9.17, 15) is 19.7 Å². The lowest BCUT2D eigenvalue weighted by Gasteiger charge is -2.08. The van der Waals surface area contributed by atoms with E-state index >= 15 is 0 Å². The molecule has 0 fully saturated rings. The SMILES string of the molecule is O=C1CC(=O)SC(c2ccc([N+](=O)[O-])cc2)=N1. The second kappa shape index (κ2) is 4.46. The number of amides is 1. The Morgan fingerprint density at radius 2 is 1.88 bits per heavy atom. The third-order valence-corrected chi connectivity index (χ3v) is 2.95. The molecule has 0 N–H and O–H groups in total. The van der Waals surface area contributed by atoms with E-state index in [0.717, 1.165) is 11.8 Å². The maximum absolute atomic E-state index is 11.2. The number of hydrogen-bond donors (Lipinski definition) is 0. The molecule has 0 aliphatic carbocycles. The highest BCUT2D eigenvalue weighted by Crippen LogP contribution is 2.22. The highest BCUT2D eigenvalue weighted by molar-refractivity contribution is 8.27. The van der Waals surface area contributed by atoms with Gasteiger partial charge in [0, 0.05) is 17.7 Å². The number of carbonyl (C=O) groups excluding carboxylic acids is 2. The second-order valence-electron chi connectivity index (χ2n) is 3.27. The van der Waals surface area contributed by atoms with E-state index in [1.54, 1.807) is 0 Å². The van der Waals surface area contributed by atoms with Gasteiger partial charge in [0.25, 0.3) is 11.6 Å². The third-order valence-electron chi connectivity index (χ3n) is 2.06. The summed E-state index contributed by atoms with van der Waals surface area (Å²) < 4.78 is 0. The van der Waals surface area contributed by atoms with E-state index in [1.807, 2.05) is 0 Å². The normalized spacial score (nSPS) is 15.6. The minimum absolute atomic E-state index is 0.0483. The number of carbonyl (C=O) groups is 2. The van der Waals surface area contributed by atoms with Crippen LogP contribution in [0.5, 0.6) is 0 Å². The Bertz CT molecular complexity index is 536. The van der Waals surface area contributed by atoms with E-state index in [4.69, 9.17) is 0 Å². The van der Waals surface area contributed by atoms with E-state index in [0.29, 0.717) is 10.6 Å². The topological polar surface area (TPSA) is 89.6 Å². The Labute approximate surface area is 99.9 Å². The van der Waals surface area contributed by atoms with Crippen molar-refractivity contribution in [2.24, 2.45) is 4.99 Å². The van der Waals surface area contributed by atoms with E-state index < -0.39 is 10.8 Å². The standard InChI is InChI=1S/C10H6N2O4S/c13-8-5-9(14)17-10(11-8)6-1-3-7(4-2-6)12(15)16/h1-4H,5H2. The van der Waals surface area contributed by atoms with Gasteiger partial charge in [0.15, 0.2) is 0 Å². The molecule has 0 spiro atoms. The van der Waals surface area contributed by atoms with Crippen LogP contribution in [0.2, 0.25) is 0 Å². The predicted molar refractivity (Wildman–Crippen MR) is 61.9 cm³/mol. The summed E-state index contributed by atoms with van der Waals surface area (Å²) in [6, 6.07) is 5.55. The minimum atomic E-state index is -0.518. The van der Waals surface area contributed by atoms with Gasteiger partial charge in [0.05, 0.1) is 11.3 Å². The maximum Gasteiger partial charge on any atom is 0.269 e. The molecule has 17 heavy (non-hydrogen) atoms. The largest absolute Gasteiger partial charge is 0.286 e. The molecule has 7 heteroatoms. The van der Waals surface area contributed by atoms with Crippen molar-refractivity contribution in [1.82, 2.24) is 0 Å². The molecule has 0 saturated heterocycles. The number of thioether (sulfide) groups is 1. The molecule has 0 aromatic heterocycles. The van der Waals surface area contributed by atoms with Gasteiger partial charge in [0.2, 0.25) is 5.12 Å². The molecule has 1 aromatic carbocycles. The number of hydrogen-bond acceptors (Lipinski definition) is 5. The zero-order valence-corrected chi connectivity index (χ0v) is 9.27. The van der Waals surface area contributed by atoms with Gasteiger partial charge >= 0.3 is 0 Å². The number of nitro benzene ring substituents is 1. The molecule has 1 heterocycles. The fourth-order valence-corrected chi connectivity index (χ4v) is 2.10. The van der Waals surface area contributed by atoms with Crippen LogP contribution in [0.3, 0.4) is 0 Å². The van der Waals surface area contributed by atoms with E-state index in [-0.39, 0.29) is 17.2 Å². The first kappa shape index (κ1) is 11.5. The molecule has 0 saturated carbocycles. The van der Waals surface area contributed by atoms with Crippen molar-refractivity contribution in [3.8, 4) is 0 Å². The van der Waals surface area contributed by atoms with Crippen LogP contribution in [0, 0.1) is 10.1 Å². The van der Waals surface area contributed by atoms with Crippen molar-refractivity contribution >= 4 is 33.5 Å². The van der Waals surface area contributed by atoms with Gasteiger partial charge in [-0.05, 0) is 23.9 Å². The van der Waals surface area contributed by atoms with Gasteiger partial charge < -0.3 is 0 Å². The molecule has 86 valence electrons. The molecule has 0 atom stereocenters. The number of non-ortho nitro benzene ring substituents is 1. The molecular weight excluding hydrogens is 244 g/mol. The van der Waals surface area contributed by atoms with Crippen LogP contribution in [-0.4, -0.2) is 21.0 Å². The lowest BCUT2D eigenvalue weighted by Crippen LogP contribution is -2.14. The molecule has 2 rings (SSSR count). The summed E-state index contributed by atoms with van der Waals surface area (Å²) in [5.41, 5.74) is 0.481. The van der Waals surface area contributed by atoms with Crippen molar-refractivity contribution in [3.05, 3.63) is 39.9 Å². The highest BCUT2D eigenvalue weighted by Gasteiger charge is 2.21. The van der Waals surface area contributed by atoms with Crippen molar-refractivity contribution in [3.63, 3.8) is 0 Å². The summed E-state index contributed by atoms with van der Waals surface area (Å²) in [6.07, 6.45) is -0.193. The Balaban J connectivity index is 2.31.